The summed E-state index contributed by atoms with van der Waals surface area (Å²) in [5, 5.41) is 0. The van der Waals surface area contributed by atoms with Gasteiger partial charge in [0.05, 0.1) is 21.3 Å². The van der Waals surface area contributed by atoms with E-state index in [1.54, 1.807) is 12.1 Å². The summed E-state index contributed by atoms with van der Waals surface area (Å²) in [6.45, 7) is 3.78. The van der Waals surface area contributed by atoms with Gasteiger partial charge in [0.2, 0.25) is 0 Å². The monoisotopic (exact) mass is 316 g/mol. The minimum absolute atomic E-state index is 0.271. The van der Waals surface area contributed by atoms with Gasteiger partial charge in [-0.2, -0.15) is 0 Å². The van der Waals surface area contributed by atoms with E-state index in [1.165, 1.54) is 21.3 Å². The average Bonchev–Trinajstić information content (AvgIpc) is 2.56. The Hall–Kier alpha value is -2.69. The van der Waals surface area contributed by atoms with Crippen LogP contribution in [0.2, 0.25) is 0 Å². The molecule has 2 rings (SSSR count). The molecule has 5 heteroatoms. The summed E-state index contributed by atoms with van der Waals surface area (Å²) in [6, 6.07) is 8.84. The van der Waals surface area contributed by atoms with Gasteiger partial charge in [0.1, 0.15) is 17.1 Å². The highest BCUT2D eigenvalue weighted by Crippen LogP contribution is 2.35. The Morgan fingerprint density at radius 2 is 1.35 bits per heavy atom. The van der Waals surface area contributed by atoms with Gasteiger partial charge in [-0.1, -0.05) is 18.2 Å². The zero-order valence-electron chi connectivity index (χ0n) is 13.9. The van der Waals surface area contributed by atoms with Crippen molar-refractivity contribution in [3.8, 4) is 23.0 Å². The van der Waals surface area contributed by atoms with Crippen LogP contribution in [0.25, 0.3) is 0 Å². The predicted octanol–water partition coefficient (Wildman–Crippen LogP) is 3.55. The van der Waals surface area contributed by atoms with Crippen molar-refractivity contribution >= 4 is 5.97 Å². The van der Waals surface area contributed by atoms with Crippen molar-refractivity contribution in [2.24, 2.45) is 0 Å². The molecular weight excluding hydrogens is 296 g/mol. The van der Waals surface area contributed by atoms with Crippen LogP contribution in [-0.4, -0.2) is 27.3 Å². The lowest BCUT2D eigenvalue weighted by Gasteiger charge is -2.15. The molecule has 2 aromatic carbocycles. The lowest BCUT2D eigenvalue weighted by Crippen LogP contribution is -2.12. The van der Waals surface area contributed by atoms with Crippen LogP contribution in [0.15, 0.2) is 30.3 Å². The highest BCUT2D eigenvalue weighted by Gasteiger charge is 2.20. The SMILES string of the molecule is COc1cc(OC)c(C(=O)Oc2c(C)cccc2C)cc1OC. The number of rotatable bonds is 5. The second-order valence-corrected chi connectivity index (χ2v) is 5.02. The molecule has 23 heavy (non-hydrogen) atoms. The normalized spacial score (nSPS) is 10.1. The summed E-state index contributed by atoms with van der Waals surface area (Å²) >= 11 is 0. The van der Waals surface area contributed by atoms with Crippen LogP contribution in [-0.2, 0) is 0 Å². The highest BCUT2D eigenvalue weighted by molar-refractivity contribution is 5.95. The lowest BCUT2D eigenvalue weighted by atomic mass is 10.1. The number of benzene rings is 2. The molecular formula is C18H20O5. The number of ether oxygens (including phenoxy) is 4. The van der Waals surface area contributed by atoms with Crippen LogP contribution in [0.1, 0.15) is 21.5 Å². The standard InChI is InChI=1S/C18H20O5/c1-11-7-6-8-12(2)17(11)23-18(19)13-9-15(21-4)16(22-5)10-14(13)20-3/h6-10H,1-5H3. The number of carbonyl (C=O) groups is 1. The first kappa shape index (κ1) is 16.7. The minimum Gasteiger partial charge on any atom is -0.496 e. The molecule has 0 atom stereocenters. The van der Waals surface area contributed by atoms with E-state index in [1.807, 2.05) is 32.0 Å². The molecule has 0 N–H and O–H groups in total. The molecule has 0 saturated carbocycles. The van der Waals surface area contributed by atoms with Crippen LogP contribution in [0.5, 0.6) is 23.0 Å². The fourth-order valence-corrected chi connectivity index (χ4v) is 2.30. The Morgan fingerprint density at radius 1 is 0.826 bits per heavy atom. The van der Waals surface area contributed by atoms with Crippen LogP contribution >= 0.6 is 0 Å². The Balaban J connectivity index is 2.42. The lowest BCUT2D eigenvalue weighted by molar-refractivity contribution is 0.0728. The fourth-order valence-electron chi connectivity index (χ4n) is 2.30. The third-order valence-corrected chi connectivity index (χ3v) is 3.53. The van der Waals surface area contributed by atoms with Gasteiger partial charge in [0.25, 0.3) is 0 Å². The minimum atomic E-state index is -0.514. The molecule has 2 aromatic rings. The molecule has 0 aliphatic carbocycles. The summed E-state index contributed by atoms with van der Waals surface area (Å²) in [7, 11) is 4.51. The van der Waals surface area contributed by atoms with E-state index < -0.39 is 5.97 Å². The van der Waals surface area contributed by atoms with E-state index in [2.05, 4.69) is 0 Å². The van der Waals surface area contributed by atoms with Gasteiger partial charge in [0, 0.05) is 12.1 Å². The molecule has 0 bridgehead atoms. The van der Waals surface area contributed by atoms with E-state index in [0.29, 0.717) is 23.0 Å². The van der Waals surface area contributed by atoms with E-state index in [-0.39, 0.29) is 5.56 Å². The van der Waals surface area contributed by atoms with Gasteiger partial charge in [0.15, 0.2) is 11.5 Å². The quantitative estimate of drug-likeness (QED) is 0.624. The maximum Gasteiger partial charge on any atom is 0.347 e. The largest absolute Gasteiger partial charge is 0.496 e. The first-order chi connectivity index (χ1) is 11.0. The number of aryl methyl sites for hydroxylation is 2. The molecule has 0 aromatic heterocycles. The summed E-state index contributed by atoms with van der Waals surface area (Å²) < 4.78 is 21.3. The molecule has 0 radical (unpaired) electrons. The molecule has 0 aliphatic heterocycles. The topological polar surface area (TPSA) is 54.0 Å². The Bertz CT molecular complexity index is 701. The van der Waals surface area contributed by atoms with Gasteiger partial charge < -0.3 is 18.9 Å². The zero-order chi connectivity index (χ0) is 17.0. The smallest absolute Gasteiger partial charge is 0.347 e. The molecule has 0 amide bonds. The van der Waals surface area contributed by atoms with Crippen LogP contribution < -0.4 is 18.9 Å². The first-order valence-corrected chi connectivity index (χ1v) is 7.10. The van der Waals surface area contributed by atoms with Crippen molar-refractivity contribution in [3.05, 3.63) is 47.0 Å². The van der Waals surface area contributed by atoms with Crippen molar-refractivity contribution in [1.82, 2.24) is 0 Å². The highest BCUT2D eigenvalue weighted by atomic mass is 16.5. The molecule has 122 valence electrons. The van der Waals surface area contributed by atoms with Crippen molar-refractivity contribution < 1.29 is 23.7 Å². The molecule has 0 heterocycles. The third-order valence-electron chi connectivity index (χ3n) is 3.53. The summed E-state index contributed by atoms with van der Waals surface area (Å²) in [6.07, 6.45) is 0. The number of para-hydroxylation sites is 1. The Kier molecular flexibility index (Phi) is 5.11. The van der Waals surface area contributed by atoms with Gasteiger partial charge in [-0.15, -0.1) is 0 Å². The number of hydrogen-bond donors (Lipinski definition) is 0. The summed E-state index contributed by atoms with van der Waals surface area (Å²) in [5.41, 5.74) is 2.04. The van der Waals surface area contributed by atoms with E-state index in [0.717, 1.165) is 11.1 Å². The molecule has 5 nitrogen and oxygen atoms in total. The summed E-state index contributed by atoms with van der Waals surface area (Å²) in [5.74, 6) is 1.31. The van der Waals surface area contributed by atoms with Gasteiger partial charge >= 0.3 is 5.97 Å². The van der Waals surface area contributed by atoms with Gasteiger partial charge in [-0.05, 0) is 25.0 Å². The third kappa shape index (κ3) is 3.39. The van der Waals surface area contributed by atoms with Crippen LogP contribution in [0.3, 0.4) is 0 Å². The maximum atomic E-state index is 12.6. The van der Waals surface area contributed by atoms with E-state index in [4.69, 9.17) is 18.9 Å². The number of methoxy groups -OCH3 is 3. The predicted molar refractivity (Wildman–Crippen MR) is 87.0 cm³/mol. The first-order valence-electron chi connectivity index (χ1n) is 7.10. The molecule has 0 aliphatic rings. The van der Waals surface area contributed by atoms with Crippen molar-refractivity contribution in [2.75, 3.05) is 21.3 Å². The number of esters is 1. The summed E-state index contributed by atoms with van der Waals surface area (Å²) in [4.78, 5) is 12.6. The second kappa shape index (κ2) is 7.05. The average molecular weight is 316 g/mol. The van der Waals surface area contributed by atoms with Gasteiger partial charge in [-0.3, -0.25) is 0 Å². The van der Waals surface area contributed by atoms with Crippen LogP contribution in [0, 0.1) is 13.8 Å². The maximum absolute atomic E-state index is 12.6. The number of carbonyl (C=O) groups excluding carboxylic acids is 1. The Morgan fingerprint density at radius 3 is 1.87 bits per heavy atom. The van der Waals surface area contributed by atoms with Crippen molar-refractivity contribution in [3.63, 3.8) is 0 Å². The molecule has 0 saturated heterocycles. The van der Waals surface area contributed by atoms with Gasteiger partial charge in [-0.25, -0.2) is 4.79 Å². The van der Waals surface area contributed by atoms with Crippen molar-refractivity contribution in [2.45, 2.75) is 13.8 Å². The molecule has 0 spiro atoms. The van der Waals surface area contributed by atoms with Crippen LogP contribution in [0.4, 0.5) is 0 Å². The second-order valence-electron chi connectivity index (χ2n) is 5.02. The zero-order valence-corrected chi connectivity index (χ0v) is 13.9. The van der Waals surface area contributed by atoms with Crippen molar-refractivity contribution in [1.29, 1.82) is 0 Å². The number of hydrogen-bond acceptors (Lipinski definition) is 5. The fraction of sp³-hybridized carbons (Fsp3) is 0.278. The molecule has 0 fully saturated rings. The Labute approximate surface area is 135 Å². The van der Waals surface area contributed by atoms with E-state index >= 15 is 0 Å². The van der Waals surface area contributed by atoms with E-state index in [9.17, 15) is 4.79 Å². The molecule has 0 unspecified atom stereocenters.